The number of nitrogens with two attached hydrogens (primary N) is 1. The number of carbonyl (C=O) groups excluding carboxylic acids is 1. The number of allylic oxidation sites excluding steroid dienone is 2. The van der Waals surface area contributed by atoms with Gasteiger partial charge in [0.15, 0.2) is 5.17 Å². The van der Waals surface area contributed by atoms with Gasteiger partial charge in [-0.05, 0) is 61.2 Å². The summed E-state index contributed by atoms with van der Waals surface area (Å²) in [6.07, 6.45) is 0. The van der Waals surface area contributed by atoms with Gasteiger partial charge in [0.05, 0.1) is 16.3 Å². The van der Waals surface area contributed by atoms with Crippen molar-refractivity contribution in [3.05, 3.63) is 98.5 Å². The second-order valence-electron chi connectivity index (χ2n) is 7.74. The first-order valence-corrected chi connectivity index (χ1v) is 12.0. The molecule has 10 heteroatoms. The highest BCUT2D eigenvalue weighted by molar-refractivity contribution is 8.17. The number of hydrogen-bond acceptors (Lipinski definition) is 7. The SMILES string of the molecule is CC1=C(C(=O)Nc2ccccc2)[C@H](c2ccc(-c3ccc(Cl)cc3Cl)o2)N2C(=N1)SC(C#N)=C2N. The first-order chi connectivity index (χ1) is 16.9. The molecule has 0 saturated carbocycles. The number of nitrogens with zero attached hydrogens (tertiary/aromatic N) is 3. The summed E-state index contributed by atoms with van der Waals surface area (Å²) < 4.78 is 6.23. The molecule has 0 spiro atoms. The maximum absolute atomic E-state index is 13.5. The number of rotatable bonds is 4. The monoisotopic (exact) mass is 521 g/mol. The standard InChI is InChI=1S/C25H17Cl2N5O2S/c1-13-21(24(33)31-15-5-3-2-4-6-15)22(32-23(29)20(12-28)35-25(32)30-13)19-10-9-18(34-19)16-8-7-14(26)11-17(16)27/h2-11,22H,29H2,1H3,(H,31,33)/t22-/m0/s1. The van der Waals surface area contributed by atoms with Gasteiger partial charge in [0.1, 0.15) is 34.4 Å². The number of carbonyl (C=O) groups is 1. The van der Waals surface area contributed by atoms with Crippen LogP contribution in [0.1, 0.15) is 18.7 Å². The van der Waals surface area contributed by atoms with E-state index in [0.717, 1.165) is 11.8 Å². The molecule has 174 valence electrons. The first-order valence-electron chi connectivity index (χ1n) is 10.5. The highest BCUT2D eigenvalue weighted by atomic mass is 35.5. The van der Waals surface area contributed by atoms with Gasteiger partial charge in [0.25, 0.3) is 5.91 Å². The minimum absolute atomic E-state index is 0.209. The Labute approximate surface area is 215 Å². The van der Waals surface area contributed by atoms with E-state index in [2.05, 4.69) is 16.4 Å². The van der Waals surface area contributed by atoms with Gasteiger partial charge in [-0.15, -0.1) is 0 Å². The maximum atomic E-state index is 13.5. The van der Waals surface area contributed by atoms with Crippen LogP contribution in [-0.2, 0) is 4.79 Å². The molecule has 3 heterocycles. The highest BCUT2D eigenvalue weighted by Crippen LogP contribution is 2.46. The van der Waals surface area contributed by atoms with Crippen molar-refractivity contribution in [2.45, 2.75) is 13.0 Å². The van der Waals surface area contributed by atoms with Crippen LogP contribution in [0.5, 0.6) is 0 Å². The van der Waals surface area contributed by atoms with Crippen LogP contribution in [0.4, 0.5) is 5.69 Å². The topological polar surface area (TPSA) is 108 Å². The fraction of sp³-hybridized carbons (Fsp3) is 0.0800. The molecule has 0 fully saturated rings. The molecule has 0 radical (unpaired) electrons. The van der Waals surface area contributed by atoms with Crippen LogP contribution in [0.25, 0.3) is 11.3 Å². The summed E-state index contributed by atoms with van der Waals surface area (Å²) in [5.41, 5.74) is 8.48. The Morgan fingerprint density at radius 3 is 2.69 bits per heavy atom. The molecule has 2 aliphatic heterocycles. The van der Waals surface area contributed by atoms with Gasteiger partial charge in [-0.2, -0.15) is 5.26 Å². The smallest absolute Gasteiger partial charge is 0.256 e. The molecular formula is C25H17Cl2N5O2S. The molecule has 0 unspecified atom stereocenters. The molecule has 0 saturated heterocycles. The van der Waals surface area contributed by atoms with Crippen molar-refractivity contribution in [3.8, 4) is 17.4 Å². The predicted octanol–water partition coefficient (Wildman–Crippen LogP) is 6.28. The first kappa shape index (κ1) is 23.1. The number of hydrogen-bond donors (Lipinski definition) is 2. The van der Waals surface area contributed by atoms with Crippen LogP contribution in [0.15, 0.2) is 92.1 Å². The van der Waals surface area contributed by atoms with E-state index in [9.17, 15) is 10.1 Å². The van der Waals surface area contributed by atoms with Gasteiger partial charge in [0, 0.05) is 16.3 Å². The lowest BCUT2D eigenvalue weighted by Crippen LogP contribution is -2.39. The normalized spacial score (nSPS) is 17.3. The van der Waals surface area contributed by atoms with E-state index in [0.29, 0.717) is 54.2 Å². The van der Waals surface area contributed by atoms with Crippen molar-refractivity contribution < 1.29 is 9.21 Å². The average Bonchev–Trinajstić information content (AvgIpc) is 3.43. The van der Waals surface area contributed by atoms with Crippen LogP contribution < -0.4 is 11.1 Å². The number of nitriles is 1. The van der Waals surface area contributed by atoms with Gasteiger partial charge in [-0.25, -0.2) is 4.99 Å². The summed E-state index contributed by atoms with van der Waals surface area (Å²) in [7, 11) is 0. The number of para-hydroxylation sites is 1. The second-order valence-corrected chi connectivity index (χ2v) is 9.56. The van der Waals surface area contributed by atoms with E-state index in [4.69, 9.17) is 33.4 Å². The number of aliphatic imine (C=N–C) groups is 1. The van der Waals surface area contributed by atoms with Crippen molar-refractivity contribution >= 4 is 51.7 Å². The van der Waals surface area contributed by atoms with Crippen LogP contribution in [0.3, 0.4) is 0 Å². The van der Waals surface area contributed by atoms with E-state index >= 15 is 0 Å². The zero-order valence-corrected chi connectivity index (χ0v) is 20.6. The number of benzene rings is 2. The molecule has 5 rings (SSSR count). The van der Waals surface area contributed by atoms with Crippen molar-refractivity contribution in [2.24, 2.45) is 10.7 Å². The van der Waals surface area contributed by atoms with Crippen molar-refractivity contribution in [1.29, 1.82) is 5.26 Å². The van der Waals surface area contributed by atoms with Gasteiger partial charge in [0.2, 0.25) is 0 Å². The van der Waals surface area contributed by atoms with Crippen LogP contribution in [-0.4, -0.2) is 16.0 Å². The lowest BCUT2D eigenvalue weighted by atomic mass is 9.98. The molecule has 0 bridgehead atoms. The molecular weight excluding hydrogens is 505 g/mol. The average molecular weight is 522 g/mol. The lowest BCUT2D eigenvalue weighted by Gasteiger charge is -2.33. The number of nitrogens with one attached hydrogen (secondary N) is 1. The summed E-state index contributed by atoms with van der Waals surface area (Å²) in [6, 6.07) is 19.1. The molecule has 3 aromatic rings. The van der Waals surface area contributed by atoms with Gasteiger partial charge < -0.3 is 15.5 Å². The summed E-state index contributed by atoms with van der Waals surface area (Å²) in [4.78, 5) is 20.0. The van der Waals surface area contributed by atoms with E-state index in [1.54, 1.807) is 54.3 Å². The predicted molar refractivity (Wildman–Crippen MR) is 138 cm³/mol. The van der Waals surface area contributed by atoms with Crippen molar-refractivity contribution in [3.63, 3.8) is 0 Å². The van der Waals surface area contributed by atoms with Crippen LogP contribution in [0.2, 0.25) is 10.0 Å². The van der Waals surface area contributed by atoms with Gasteiger partial charge in [-0.3, -0.25) is 9.69 Å². The Morgan fingerprint density at radius 1 is 1.20 bits per heavy atom. The van der Waals surface area contributed by atoms with Crippen molar-refractivity contribution in [1.82, 2.24) is 4.90 Å². The number of amidine groups is 1. The zero-order chi connectivity index (χ0) is 24.7. The highest BCUT2D eigenvalue weighted by Gasteiger charge is 2.43. The Bertz CT molecular complexity index is 1490. The summed E-state index contributed by atoms with van der Waals surface area (Å²) in [5, 5.41) is 13.9. The summed E-state index contributed by atoms with van der Waals surface area (Å²) in [6.45, 7) is 1.75. The number of furan rings is 1. The van der Waals surface area contributed by atoms with Gasteiger partial charge in [-0.1, -0.05) is 41.4 Å². The third kappa shape index (κ3) is 4.19. The zero-order valence-electron chi connectivity index (χ0n) is 18.3. The van der Waals surface area contributed by atoms with E-state index < -0.39 is 6.04 Å². The second kappa shape index (κ2) is 9.19. The number of thioether (sulfide) groups is 1. The molecule has 2 aliphatic rings. The fourth-order valence-electron chi connectivity index (χ4n) is 3.95. The van der Waals surface area contributed by atoms with Crippen molar-refractivity contribution in [2.75, 3.05) is 5.32 Å². The number of anilines is 1. The Balaban J connectivity index is 1.61. The van der Waals surface area contributed by atoms with Crippen LogP contribution >= 0.6 is 35.0 Å². The fourth-order valence-corrected chi connectivity index (χ4v) is 5.37. The molecule has 2 aromatic carbocycles. The number of amides is 1. The molecule has 7 nitrogen and oxygen atoms in total. The summed E-state index contributed by atoms with van der Waals surface area (Å²) in [5.74, 6) is 0.799. The molecule has 0 aliphatic carbocycles. The minimum atomic E-state index is -0.746. The number of halogens is 2. The summed E-state index contributed by atoms with van der Waals surface area (Å²) >= 11 is 13.6. The lowest BCUT2D eigenvalue weighted by molar-refractivity contribution is -0.113. The van der Waals surface area contributed by atoms with E-state index in [1.165, 1.54) is 0 Å². The molecule has 1 atom stereocenters. The molecule has 35 heavy (non-hydrogen) atoms. The van der Waals surface area contributed by atoms with Crippen LogP contribution in [0, 0.1) is 11.3 Å². The molecule has 1 amide bonds. The van der Waals surface area contributed by atoms with E-state index in [1.807, 2.05) is 18.2 Å². The third-order valence-corrected chi connectivity index (χ3v) is 7.07. The maximum Gasteiger partial charge on any atom is 0.256 e. The Kier molecular flexibility index (Phi) is 6.07. The Hall–Kier alpha value is -3.64. The molecule has 1 aromatic heterocycles. The Morgan fingerprint density at radius 2 is 1.97 bits per heavy atom. The largest absolute Gasteiger partial charge is 0.458 e. The van der Waals surface area contributed by atoms with E-state index in [-0.39, 0.29) is 11.7 Å². The quantitative estimate of drug-likeness (QED) is 0.418. The number of fused-ring (bicyclic) bond motifs is 1. The minimum Gasteiger partial charge on any atom is -0.458 e. The third-order valence-electron chi connectivity index (χ3n) is 5.55. The molecule has 3 N–H and O–H groups in total. The van der Waals surface area contributed by atoms with Gasteiger partial charge >= 0.3 is 0 Å².